The van der Waals surface area contributed by atoms with Crippen LogP contribution in [0.3, 0.4) is 0 Å². The van der Waals surface area contributed by atoms with E-state index >= 15 is 0 Å². The molecule has 1 aromatic heterocycles. The molecule has 1 N–H and O–H groups in total. The average Bonchev–Trinajstić information content (AvgIpc) is 2.55. The van der Waals surface area contributed by atoms with Gasteiger partial charge >= 0.3 is 0 Å². The van der Waals surface area contributed by atoms with E-state index in [0.717, 1.165) is 12.8 Å². The molecule has 62 valence electrons. The van der Waals surface area contributed by atoms with E-state index in [0.29, 0.717) is 0 Å². The summed E-state index contributed by atoms with van der Waals surface area (Å²) in [6.45, 7) is 6.67. The Bertz CT molecular complexity index is 197. The van der Waals surface area contributed by atoms with Gasteiger partial charge in [0.1, 0.15) is 0 Å². The molecular weight excluding hydrogens is 136 g/mol. The largest absolute Gasteiger partial charge is 0.351 e. The third-order valence-electron chi connectivity index (χ3n) is 2.68. The maximum Gasteiger partial charge on any atom is 0.0923 e. The third-order valence-corrected chi connectivity index (χ3v) is 2.68. The van der Waals surface area contributed by atoms with Crippen LogP contribution in [0.1, 0.15) is 39.3 Å². The summed E-state index contributed by atoms with van der Waals surface area (Å²) in [4.78, 5) is 7.27. The summed E-state index contributed by atoms with van der Waals surface area (Å²) in [6.07, 6.45) is 6.04. The van der Waals surface area contributed by atoms with Gasteiger partial charge in [-0.2, -0.15) is 0 Å². The van der Waals surface area contributed by atoms with Crippen LogP contribution in [-0.4, -0.2) is 9.97 Å². The highest BCUT2D eigenvalue weighted by Gasteiger charge is 2.23. The number of rotatable bonds is 3. The van der Waals surface area contributed by atoms with Crippen molar-refractivity contribution in [2.45, 2.75) is 39.0 Å². The zero-order valence-electron chi connectivity index (χ0n) is 7.52. The number of H-pyrrole nitrogens is 1. The summed E-state index contributed by atoms with van der Waals surface area (Å²) in [5.41, 5.74) is 1.45. The van der Waals surface area contributed by atoms with Crippen molar-refractivity contribution in [2.75, 3.05) is 0 Å². The molecule has 0 atom stereocenters. The van der Waals surface area contributed by atoms with Gasteiger partial charge in [0.2, 0.25) is 0 Å². The molecule has 0 amide bonds. The van der Waals surface area contributed by atoms with Crippen LogP contribution in [0.4, 0.5) is 0 Å². The van der Waals surface area contributed by atoms with Gasteiger partial charge in [-0.25, -0.2) is 4.98 Å². The van der Waals surface area contributed by atoms with Crippen molar-refractivity contribution in [1.29, 1.82) is 0 Å². The van der Waals surface area contributed by atoms with Crippen LogP contribution in [0.25, 0.3) is 0 Å². The Balaban J connectivity index is 2.87. The molecule has 0 aliphatic rings. The summed E-state index contributed by atoms with van der Waals surface area (Å²) in [7, 11) is 0. The highest BCUT2D eigenvalue weighted by atomic mass is 14.9. The van der Waals surface area contributed by atoms with Crippen molar-refractivity contribution in [3.63, 3.8) is 0 Å². The summed E-state index contributed by atoms with van der Waals surface area (Å²) in [5.74, 6) is 0. The summed E-state index contributed by atoms with van der Waals surface area (Å²) in [6, 6.07) is 0. The Kier molecular flexibility index (Phi) is 2.32. The van der Waals surface area contributed by atoms with Gasteiger partial charge in [0, 0.05) is 11.6 Å². The van der Waals surface area contributed by atoms with Crippen molar-refractivity contribution in [1.82, 2.24) is 9.97 Å². The highest BCUT2D eigenvalue weighted by Crippen LogP contribution is 2.28. The van der Waals surface area contributed by atoms with Gasteiger partial charge in [-0.05, 0) is 12.8 Å². The molecule has 0 aromatic carbocycles. The molecule has 0 unspecified atom stereocenters. The van der Waals surface area contributed by atoms with E-state index in [1.165, 1.54) is 5.69 Å². The molecule has 0 aliphatic carbocycles. The highest BCUT2D eigenvalue weighted by molar-refractivity contribution is 5.10. The fourth-order valence-electron chi connectivity index (χ4n) is 1.20. The molecule has 0 radical (unpaired) electrons. The number of hydrogen-bond donors (Lipinski definition) is 1. The van der Waals surface area contributed by atoms with Crippen LogP contribution in [0, 0.1) is 0 Å². The predicted molar refractivity (Wildman–Crippen MR) is 46.5 cm³/mol. The average molecular weight is 152 g/mol. The van der Waals surface area contributed by atoms with Crippen molar-refractivity contribution in [3.05, 3.63) is 18.2 Å². The summed E-state index contributed by atoms with van der Waals surface area (Å²) >= 11 is 0. The summed E-state index contributed by atoms with van der Waals surface area (Å²) < 4.78 is 0. The topological polar surface area (TPSA) is 28.7 Å². The van der Waals surface area contributed by atoms with Crippen LogP contribution in [0.2, 0.25) is 0 Å². The van der Waals surface area contributed by atoms with Crippen LogP contribution in [0.5, 0.6) is 0 Å². The van der Waals surface area contributed by atoms with Gasteiger partial charge in [0.05, 0.1) is 12.0 Å². The lowest BCUT2D eigenvalue weighted by Gasteiger charge is -2.23. The van der Waals surface area contributed by atoms with Crippen molar-refractivity contribution in [3.8, 4) is 0 Å². The molecule has 0 bridgehead atoms. The molecule has 1 heterocycles. The van der Waals surface area contributed by atoms with E-state index in [-0.39, 0.29) is 5.41 Å². The minimum atomic E-state index is 0.264. The molecule has 0 spiro atoms. The molecule has 0 aliphatic heterocycles. The zero-order valence-corrected chi connectivity index (χ0v) is 7.52. The van der Waals surface area contributed by atoms with Crippen LogP contribution < -0.4 is 0 Å². The predicted octanol–water partition coefficient (Wildman–Crippen LogP) is 2.49. The molecule has 0 saturated carbocycles. The molecule has 1 aromatic rings. The number of imidazole rings is 1. The lowest BCUT2D eigenvalue weighted by molar-refractivity contribution is 0.428. The lowest BCUT2D eigenvalue weighted by atomic mass is 9.82. The standard InChI is InChI=1S/C9H16N2/c1-4-9(3,5-2)8-6-10-7-11-8/h6-7H,4-5H2,1-3H3,(H,10,11). The van der Waals surface area contributed by atoms with Gasteiger partial charge < -0.3 is 4.98 Å². The fraction of sp³-hybridized carbons (Fsp3) is 0.667. The number of aromatic nitrogens is 2. The van der Waals surface area contributed by atoms with Crippen molar-refractivity contribution >= 4 is 0 Å². The summed E-state index contributed by atoms with van der Waals surface area (Å²) in [5, 5.41) is 0. The van der Waals surface area contributed by atoms with E-state index in [1.54, 1.807) is 6.33 Å². The molecule has 1 rings (SSSR count). The minimum absolute atomic E-state index is 0.264. The van der Waals surface area contributed by atoms with E-state index in [4.69, 9.17) is 0 Å². The second-order valence-electron chi connectivity index (χ2n) is 3.22. The Morgan fingerprint density at radius 1 is 1.45 bits per heavy atom. The fourth-order valence-corrected chi connectivity index (χ4v) is 1.20. The van der Waals surface area contributed by atoms with Crippen LogP contribution in [-0.2, 0) is 5.41 Å². The quantitative estimate of drug-likeness (QED) is 0.708. The SMILES string of the molecule is CCC(C)(CC)c1c[nH]cn1. The van der Waals surface area contributed by atoms with Crippen molar-refractivity contribution < 1.29 is 0 Å². The minimum Gasteiger partial charge on any atom is -0.351 e. The smallest absolute Gasteiger partial charge is 0.0923 e. The first-order chi connectivity index (χ1) is 5.23. The number of nitrogens with one attached hydrogen (secondary N) is 1. The first-order valence-electron chi connectivity index (χ1n) is 4.22. The Morgan fingerprint density at radius 3 is 2.45 bits per heavy atom. The Morgan fingerprint density at radius 2 is 2.09 bits per heavy atom. The maximum atomic E-state index is 4.27. The van der Waals surface area contributed by atoms with Gasteiger partial charge in [0.25, 0.3) is 0 Å². The molecule has 11 heavy (non-hydrogen) atoms. The first kappa shape index (κ1) is 8.31. The van der Waals surface area contributed by atoms with Crippen molar-refractivity contribution in [2.24, 2.45) is 0 Å². The number of aromatic amines is 1. The molecular formula is C9H16N2. The lowest BCUT2D eigenvalue weighted by Crippen LogP contribution is -2.19. The second kappa shape index (κ2) is 3.07. The molecule has 2 nitrogen and oxygen atoms in total. The van der Waals surface area contributed by atoms with Gasteiger partial charge in [-0.15, -0.1) is 0 Å². The molecule has 0 saturated heterocycles. The Hall–Kier alpha value is -0.790. The number of hydrogen-bond acceptors (Lipinski definition) is 1. The third kappa shape index (κ3) is 1.44. The van der Waals surface area contributed by atoms with E-state index < -0.39 is 0 Å². The van der Waals surface area contributed by atoms with Gasteiger partial charge in [-0.3, -0.25) is 0 Å². The van der Waals surface area contributed by atoms with Crippen LogP contribution >= 0.6 is 0 Å². The molecule has 2 heteroatoms. The van der Waals surface area contributed by atoms with Crippen LogP contribution in [0.15, 0.2) is 12.5 Å². The normalized spacial score (nSPS) is 11.9. The van der Waals surface area contributed by atoms with E-state index in [2.05, 4.69) is 30.7 Å². The molecule has 0 fully saturated rings. The van der Waals surface area contributed by atoms with E-state index in [9.17, 15) is 0 Å². The van der Waals surface area contributed by atoms with Gasteiger partial charge in [-0.1, -0.05) is 20.8 Å². The second-order valence-corrected chi connectivity index (χ2v) is 3.22. The first-order valence-corrected chi connectivity index (χ1v) is 4.22. The monoisotopic (exact) mass is 152 g/mol. The van der Waals surface area contributed by atoms with E-state index in [1.807, 2.05) is 6.20 Å². The Labute approximate surface area is 68.0 Å². The number of nitrogens with zero attached hydrogens (tertiary/aromatic N) is 1. The maximum absolute atomic E-state index is 4.27. The zero-order chi connectivity index (χ0) is 8.32. The van der Waals surface area contributed by atoms with Gasteiger partial charge in [0.15, 0.2) is 0 Å².